The van der Waals surface area contributed by atoms with Crippen molar-refractivity contribution >= 4 is 21.6 Å². The Bertz CT molecular complexity index is 435. The molecule has 0 aliphatic carbocycles. The van der Waals surface area contributed by atoms with Crippen molar-refractivity contribution in [2.45, 2.75) is 31.5 Å². The number of halogens is 4. The van der Waals surface area contributed by atoms with Gasteiger partial charge in [-0.2, -0.15) is 13.2 Å². The molecule has 0 fully saturated rings. The summed E-state index contributed by atoms with van der Waals surface area (Å²) in [5, 5.41) is 0.399. The molecule has 0 N–H and O–H groups in total. The predicted molar refractivity (Wildman–Crippen MR) is 78.4 cm³/mol. The zero-order chi connectivity index (χ0) is 15.3. The Morgan fingerprint density at radius 2 is 1.95 bits per heavy atom. The summed E-state index contributed by atoms with van der Waals surface area (Å²) < 4.78 is 44.7. The normalized spacial score (nSPS) is 12.0. The highest BCUT2D eigenvalue weighted by Crippen LogP contribution is 2.37. The van der Waals surface area contributed by atoms with Crippen LogP contribution in [-0.2, 0) is 16.2 Å². The molecular formula is C14H19BrF3NO. The van der Waals surface area contributed by atoms with Gasteiger partial charge in [0, 0.05) is 24.6 Å². The summed E-state index contributed by atoms with van der Waals surface area (Å²) in [5.41, 5.74) is 0.170. The van der Waals surface area contributed by atoms with E-state index in [-0.39, 0.29) is 11.8 Å². The molecule has 1 rings (SSSR count). The van der Waals surface area contributed by atoms with Crippen LogP contribution < -0.4 is 4.90 Å². The molecule has 0 aliphatic rings. The monoisotopic (exact) mass is 353 g/mol. The van der Waals surface area contributed by atoms with Crippen LogP contribution in [0.3, 0.4) is 0 Å². The third-order valence-corrected chi connectivity index (χ3v) is 3.46. The van der Waals surface area contributed by atoms with E-state index in [9.17, 15) is 13.2 Å². The zero-order valence-corrected chi connectivity index (χ0v) is 13.4. The first-order chi connectivity index (χ1) is 9.25. The molecule has 0 unspecified atom stereocenters. The first-order valence-corrected chi connectivity index (χ1v) is 7.46. The lowest BCUT2D eigenvalue weighted by molar-refractivity contribution is -0.137. The number of alkyl halides is 4. The number of ether oxygens (including phenoxy) is 1. The van der Waals surface area contributed by atoms with E-state index in [1.165, 1.54) is 12.1 Å². The van der Waals surface area contributed by atoms with E-state index in [1.54, 1.807) is 18.0 Å². The minimum absolute atomic E-state index is 0.0706. The molecule has 20 heavy (non-hydrogen) atoms. The molecule has 2 nitrogen and oxygen atoms in total. The van der Waals surface area contributed by atoms with Gasteiger partial charge in [0.2, 0.25) is 0 Å². The van der Waals surface area contributed by atoms with Crippen molar-refractivity contribution in [2.24, 2.45) is 0 Å². The summed E-state index contributed by atoms with van der Waals surface area (Å²) in [6.45, 7) is 4.60. The van der Waals surface area contributed by atoms with Crippen molar-refractivity contribution in [3.05, 3.63) is 29.3 Å². The minimum Gasteiger partial charge on any atom is -0.377 e. The third kappa shape index (κ3) is 4.98. The first-order valence-electron chi connectivity index (χ1n) is 6.34. The summed E-state index contributed by atoms with van der Waals surface area (Å²) in [4.78, 5) is 1.57. The van der Waals surface area contributed by atoms with Crippen LogP contribution in [0.5, 0.6) is 0 Å². The van der Waals surface area contributed by atoms with Crippen molar-refractivity contribution in [2.75, 3.05) is 25.1 Å². The number of likely N-dealkylation sites (N-methyl/N-ethyl adjacent to an activating group) is 1. The Balaban J connectivity index is 2.92. The molecule has 0 radical (unpaired) electrons. The fourth-order valence-electron chi connectivity index (χ4n) is 1.77. The average Bonchev–Trinajstić information content (AvgIpc) is 2.36. The summed E-state index contributed by atoms with van der Waals surface area (Å²) >= 11 is 3.18. The Morgan fingerprint density at radius 3 is 2.45 bits per heavy atom. The van der Waals surface area contributed by atoms with Crippen molar-refractivity contribution in [1.29, 1.82) is 0 Å². The lowest BCUT2D eigenvalue weighted by Crippen LogP contribution is -2.26. The van der Waals surface area contributed by atoms with Gasteiger partial charge in [-0.3, -0.25) is 0 Å². The van der Waals surface area contributed by atoms with Crippen LogP contribution in [0.1, 0.15) is 25.0 Å². The maximum absolute atomic E-state index is 13.1. The maximum Gasteiger partial charge on any atom is 0.418 e. The number of nitrogens with zero attached hydrogens (tertiary/aromatic N) is 1. The van der Waals surface area contributed by atoms with E-state index >= 15 is 0 Å². The molecule has 114 valence electrons. The van der Waals surface area contributed by atoms with Crippen LogP contribution in [0.4, 0.5) is 18.9 Å². The summed E-state index contributed by atoms with van der Waals surface area (Å²) in [6, 6.07) is 4.39. The fourth-order valence-corrected chi connectivity index (χ4v) is 2.12. The van der Waals surface area contributed by atoms with Gasteiger partial charge in [0.25, 0.3) is 0 Å². The second-order valence-electron chi connectivity index (χ2n) is 4.82. The highest BCUT2D eigenvalue weighted by molar-refractivity contribution is 9.08. The Morgan fingerprint density at radius 1 is 1.30 bits per heavy atom. The van der Waals surface area contributed by atoms with Gasteiger partial charge in [0.1, 0.15) is 0 Å². The van der Waals surface area contributed by atoms with Crippen LogP contribution in [0.2, 0.25) is 0 Å². The number of hydrogen-bond donors (Lipinski definition) is 0. The molecular weight excluding hydrogens is 335 g/mol. The molecule has 0 spiro atoms. The Labute approximate surface area is 126 Å². The van der Waals surface area contributed by atoms with E-state index in [0.29, 0.717) is 24.0 Å². The second kappa shape index (κ2) is 7.31. The molecule has 1 aromatic carbocycles. The number of hydrogen-bond acceptors (Lipinski definition) is 2. The smallest absolute Gasteiger partial charge is 0.377 e. The Kier molecular flexibility index (Phi) is 6.33. The van der Waals surface area contributed by atoms with Crippen LogP contribution in [0.25, 0.3) is 0 Å². The van der Waals surface area contributed by atoms with Gasteiger partial charge in [-0.15, -0.1) is 0 Å². The lowest BCUT2D eigenvalue weighted by Gasteiger charge is -2.24. The fraction of sp³-hybridized carbons (Fsp3) is 0.571. The topological polar surface area (TPSA) is 12.5 Å². The molecule has 1 aromatic rings. The first kappa shape index (κ1) is 17.3. The zero-order valence-electron chi connectivity index (χ0n) is 11.8. The largest absolute Gasteiger partial charge is 0.418 e. The molecule has 0 amide bonds. The van der Waals surface area contributed by atoms with Crippen LogP contribution >= 0.6 is 15.9 Å². The van der Waals surface area contributed by atoms with Crippen LogP contribution in [0, 0.1) is 0 Å². The summed E-state index contributed by atoms with van der Waals surface area (Å²) in [6.07, 6.45) is -4.29. The van der Waals surface area contributed by atoms with Crippen LogP contribution in [0.15, 0.2) is 18.2 Å². The van der Waals surface area contributed by atoms with Crippen molar-refractivity contribution in [3.63, 3.8) is 0 Å². The van der Waals surface area contributed by atoms with E-state index in [4.69, 9.17) is 4.74 Å². The number of benzene rings is 1. The quantitative estimate of drug-likeness (QED) is 0.700. The van der Waals surface area contributed by atoms with Crippen molar-refractivity contribution in [1.82, 2.24) is 0 Å². The molecule has 0 atom stereocenters. The molecule has 0 saturated carbocycles. The highest BCUT2D eigenvalue weighted by Gasteiger charge is 2.34. The van der Waals surface area contributed by atoms with E-state index < -0.39 is 11.7 Å². The van der Waals surface area contributed by atoms with Gasteiger partial charge in [0.05, 0.1) is 18.3 Å². The van der Waals surface area contributed by atoms with E-state index in [1.807, 2.05) is 13.8 Å². The number of rotatable bonds is 6. The molecule has 0 aromatic heterocycles. The van der Waals surface area contributed by atoms with E-state index in [2.05, 4.69) is 15.9 Å². The van der Waals surface area contributed by atoms with Crippen LogP contribution in [-0.4, -0.2) is 26.3 Å². The van der Waals surface area contributed by atoms with Gasteiger partial charge >= 0.3 is 6.18 Å². The van der Waals surface area contributed by atoms with Crippen molar-refractivity contribution < 1.29 is 17.9 Å². The summed E-state index contributed by atoms with van der Waals surface area (Å²) in [5.74, 6) is 0. The predicted octanol–water partition coefficient (Wildman–Crippen LogP) is 4.46. The molecule has 0 aliphatic heterocycles. The highest BCUT2D eigenvalue weighted by atomic mass is 79.9. The van der Waals surface area contributed by atoms with Gasteiger partial charge in [0.15, 0.2) is 0 Å². The van der Waals surface area contributed by atoms with Gasteiger partial charge < -0.3 is 9.64 Å². The lowest BCUT2D eigenvalue weighted by atomic mass is 10.1. The summed E-state index contributed by atoms with van der Waals surface area (Å²) in [7, 11) is 1.64. The molecule has 6 heteroatoms. The Hall–Kier alpha value is -0.750. The molecule has 0 bridgehead atoms. The maximum atomic E-state index is 13.1. The molecule has 0 heterocycles. The van der Waals surface area contributed by atoms with E-state index in [0.717, 1.165) is 0 Å². The second-order valence-corrected chi connectivity index (χ2v) is 5.38. The van der Waals surface area contributed by atoms with Gasteiger partial charge in [-0.25, -0.2) is 0 Å². The average molecular weight is 354 g/mol. The molecule has 0 saturated heterocycles. The minimum atomic E-state index is -4.36. The van der Waals surface area contributed by atoms with Gasteiger partial charge in [-0.05, 0) is 31.5 Å². The SMILES string of the molecule is CC(C)OCCN(C)c1ccc(CBr)cc1C(F)(F)F. The van der Waals surface area contributed by atoms with Gasteiger partial charge in [-0.1, -0.05) is 22.0 Å². The number of anilines is 1. The standard InChI is InChI=1S/C14H19BrF3NO/c1-10(2)20-7-6-19(3)13-5-4-11(9-15)8-12(13)14(16,17)18/h4-5,8,10H,6-7,9H2,1-3H3. The third-order valence-electron chi connectivity index (χ3n) is 2.81. The van der Waals surface area contributed by atoms with Crippen molar-refractivity contribution in [3.8, 4) is 0 Å².